The van der Waals surface area contributed by atoms with Crippen LogP contribution >= 0.6 is 11.3 Å². The number of amides is 2. The highest BCUT2D eigenvalue weighted by molar-refractivity contribution is 7.15. The average Bonchev–Trinajstić information content (AvgIpc) is 3.47. The Labute approximate surface area is 172 Å². The van der Waals surface area contributed by atoms with Crippen LogP contribution in [0.1, 0.15) is 70.1 Å². The van der Waals surface area contributed by atoms with Gasteiger partial charge in [-0.3, -0.25) is 14.9 Å². The van der Waals surface area contributed by atoms with Gasteiger partial charge in [0.1, 0.15) is 16.7 Å². The maximum absolute atomic E-state index is 12.9. The van der Waals surface area contributed by atoms with Crippen molar-refractivity contribution in [2.75, 3.05) is 19.5 Å². The van der Waals surface area contributed by atoms with Crippen molar-refractivity contribution in [3.63, 3.8) is 0 Å². The minimum atomic E-state index is -0.447. The Morgan fingerprint density at radius 2 is 2.07 bits per heavy atom. The van der Waals surface area contributed by atoms with Crippen molar-refractivity contribution in [2.24, 2.45) is 0 Å². The van der Waals surface area contributed by atoms with Crippen LogP contribution in [-0.4, -0.2) is 52.2 Å². The minimum Gasteiger partial charge on any atom is -0.480 e. The van der Waals surface area contributed by atoms with Crippen LogP contribution in [0.4, 0.5) is 5.13 Å². The summed E-state index contributed by atoms with van der Waals surface area (Å²) < 4.78 is 10.5. The summed E-state index contributed by atoms with van der Waals surface area (Å²) in [7, 11) is 3.04. The topological polar surface area (TPSA) is 107 Å². The Balaban J connectivity index is 1.57. The number of anilines is 1. The molecule has 2 amide bonds. The van der Waals surface area contributed by atoms with E-state index in [4.69, 9.17) is 9.47 Å². The highest BCUT2D eigenvalue weighted by atomic mass is 32.1. The summed E-state index contributed by atoms with van der Waals surface area (Å²) in [5, 5.41) is 11.7. The first-order chi connectivity index (χ1) is 14.0. The molecule has 2 aliphatic rings. The first-order valence-electron chi connectivity index (χ1n) is 9.58. The fourth-order valence-electron chi connectivity index (χ4n) is 3.77. The van der Waals surface area contributed by atoms with E-state index in [1.807, 2.05) is 11.8 Å². The second-order valence-electron chi connectivity index (χ2n) is 7.19. The Hall–Kier alpha value is -2.59. The van der Waals surface area contributed by atoms with E-state index < -0.39 is 5.91 Å². The lowest BCUT2D eigenvalue weighted by molar-refractivity contribution is 0.0706. The summed E-state index contributed by atoms with van der Waals surface area (Å²) in [6.07, 6.45) is 4.10. The predicted octanol–water partition coefficient (Wildman–Crippen LogP) is 2.80. The van der Waals surface area contributed by atoms with Crippen molar-refractivity contribution in [3.8, 4) is 5.88 Å². The number of methoxy groups -OCH3 is 2. The SMILES string of the molecule is COc1nc2c(cc1C(=O)Nc1nnc(C(C)OC)s1)C(=O)N(C1CCCC1)C2. The van der Waals surface area contributed by atoms with Gasteiger partial charge in [-0.1, -0.05) is 24.2 Å². The third kappa shape index (κ3) is 3.69. The van der Waals surface area contributed by atoms with Crippen molar-refractivity contribution in [3.05, 3.63) is 27.9 Å². The van der Waals surface area contributed by atoms with Gasteiger partial charge in [0, 0.05) is 13.2 Å². The second kappa shape index (κ2) is 8.03. The van der Waals surface area contributed by atoms with E-state index in [0.29, 0.717) is 27.9 Å². The predicted molar refractivity (Wildman–Crippen MR) is 106 cm³/mol. The van der Waals surface area contributed by atoms with Crippen LogP contribution < -0.4 is 10.1 Å². The van der Waals surface area contributed by atoms with Crippen molar-refractivity contribution >= 4 is 28.3 Å². The monoisotopic (exact) mass is 417 g/mol. The van der Waals surface area contributed by atoms with E-state index in [-0.39, 0.29) is 29.5 Å². The molecule has 0 spiro atoms. The average molecular weight is 417 g/mol. The fourth-order valence-corrected chi connectivity index (χ4v) is 4.54. The lowest BCUT2D eigenvalue weighted by atomic mass is 10.1. The normalized spacial score (nSPS) is 17.5. The molecule has 1 aliphatic carbocycles. The summed E-state index contributed by atoms with van der Waals surface area (Å²) in [5.74, 6) is -0.322. The third-order valence-electron chi connectivity index (χ3n) is 5.44. The minimum absolute atomic E-state index is 0.0665. The molecule has 2 aromatic rings. The van der Waals surface area contributed by atoms with Gasteiger partial charge in [-0.15, -0.1) is 10.2 Å². The Morgan fingerprint density at radius 3 is 2.76 bits per heavy atom. The van der Waals surface area contributed by atoms with E-state index in [9.17, 15) is 9.59 Å². The number of hydrogen-bond acceptors (Lipinski definition) is 8. The number of pyridine rings is 1. The van der Waals surface area contributed by atoms with Gasteiger partial charge in [-0.05, 0) is 25.8 Å². The quantitative estimate of drug-likeness (QED) is 0.770. The Kier molecular flexibility index (Phi) is 5.46. The number of hydrogen-bond donors (Lipinski definition) is 1. The molecule has 154 valence electrons. The summed E-state index contributed by atoms with van der Waals surface area (Å²) in [4.78, 5) is 32.1. The van der Waals surface area contributed by atoms with Crippen molar-refractivity contribution in [1.82, 2.24) is 20.1 Å². The van der Waals surface area contributed by atoms with E-state index in [1.165, 1.54) is 18.4 Å². The maximum atomic E-state index is 12.9. The van der Waals surface area contributed by atoms with Crippen molar-refractivity contribution in [2.45, 2.75) is 51.3 Å². The lowest BCUT2D eigenvalue weighted by Gasteiger charge is -2.22. The summed E-state index contributed by atoms with van der Waals surface area (Å²) in [6.45, 7) is 2.31. The number of nitrogens with one attached hydrogen (secondary N) is 1. The van der Waals surface area contributed by atoms with Crippen LogP contribution in [0.3, 0.4) is 0 Å². The molecule has 29 heavy (non-hydrogen) atoms. The van der Waals surface area contributed by atoms with Crippen LogP contribution in [0.2, 0.25) is 0 Å². The van der Waals surface area contributed by atoms with Gasteiger partial charge in [-0.25, -0.2) is 4.98 Å². The van der Waals surface area contributed by atoms with Crippen LogP contribution in [0.15, 0.2) is 6.07 Å². The zero-order valence-electron chi connectivity index (χ0n) is 16.6. The lowest BCUT2D eigenvalue weighted by Crippen LogP contribution is -2.33. The van der Waals surface area contributed by atoms with Gasteiger partial charge < -0.3 is 14.4 Å². The molecule has 4 rings (SSSR count). The van der Waals surface area contributed by atoms with Crippen LogP contribution in [0, 0.1) is 0 Å². The number of ether oxygens (including phenoxy) is 2. The van der Waals surface area contributed by atoms with E-state index >= 15 is 0 Å². The number of aromatic nitrogens is 3. The highest BCUT2D eigenvalue weighted by Gasteiger charge is 2.36. The van der Waals surface area contributed by atoms with Crippen molar-refractivity contribution < 1.29 is 19.1 Å². The largest absolute Gasteiger partial charge is 0.480 e. The molecule has 0 saturated heterocycles. The van der Waals surface area contributed by atoms with Crippen molar-refractivity contribution in [1.29, 1.82) is 0 Å². The zero-order valence-corrected chi connectivity index (χ0v) is 17.4. The molecule has 0 aromatic carbocycles. The fraction of sp³-hybridized carbons (Fsp3) is 0.526. The number of fused-ring (bicyclic) bond motifs is 1. The molecule has 1 saturated carbocycles. The third-order valence-corrected chi connectivity index (χ3v) is 6.44. The van der Waals surface area contributed by atoms with E-state index in [2.05, 4.69) is 20.5 Å². The summed E-state index contributed by atoms with van der Waals surface area (Å²) >= 11 is 1.23. The van der Waals surface area contributed by atoms with Gasteiger partial charge >= 0.3 is 0 Å². The molecule has 1 aliphatic heterocycles. The van der Waals surface area contributed by atoms with Crippen LogP contribution in [0.5, 0.6) is 5.88 Å². The number of rotatable bonds is 6. The molecule has 2 aromatic heterocycles. The maximum Gasteiger partial charge on any atom is 0.263 e. The molecule has 0 bridgehead atoms. The Morgan fingerprint density at radius 1 is 1.31 bits per heavy atom. The molecular weight excluding hydrogens is 394 g/mol. The molecule has 3 heterocycles. The summed E-state index contributed by atoms with van der Waals surface area (Å²) in [5.41, 5.74) is 1.32. The molecule has 9 nitrogen and oxygen atoms in total. The number of carbonyl (C=O) groups excluding carboxylic acids is 2. The van der Waals surface area contributed by atoms with E-state index in [1.54, 1.807) is 13.2 Å². The smallest absolute Gasteiger partial charge is 0.263 e. The van der Waals surface area contributed by atoms with E-state index in [0.717, 1.165) is 25.7 Å². The molecule has 1 atom stereocenters. The molecule has 1 unspecified atom stereocenters. The highest BCUT2D eigenvalue weighted by Crippen LogP contribution is 2.33. The zero-order chi connectivity index (χ0) is 20.5. The molecule has 1 fully saturated rings. The first-order valence-corrected chi connectivity index (χ1v) is 10.4. The Bertz CT molecular complexity index is 941. The second-order valence-corrected chi connectivity index (χ2v) is 8.20. The molecule has 10 heteroatoms. The van der Waals surface area contributed by atoms with Gasteiger partial charge in [0.25, 0.3) is 11.8 Å². The van der Waals surface area contributed by atoms with Crippen LogP contribution in [0.25, 0.3) is 0 Å². The number of nitrogens with zero attached hydrogens (tertiary/aromatic N) is 4. The first kappa shape index (κ1) is 19.7. The van der Waals surface area contributed by atoms with Crippen LogP contribution in [-0.2, 0) is 11.3 Å². The standard InChI is InChI=1S/C19H23N5O4S/c1-10(27-2)17-22-23-19(29-17)21-15(25)13-8-12-14(20-16(13)28-3)9-24(18(12)26)11-6-4-5-7-11/h8,10-11H,4-7,9H2,1-3H3,(H,21,23,25). The van der Waals surface area contributed by atoms with Gasteiger partial charge in [0.2, 0.25) is 11.0 Å². The van der Waals surface area contributed by atoms with Gasteiger partial charge in [0.15, 0.2) is 0 Å². The number of carbonyl (C=O) groups is 2. The molecular formula is C19H23N5O4S. The van der Waals surface area contributed by atoms with Gasteiger partial charge in [-0.2, -0.15) is 0 Å². The summed E-state index contributed by atoms with van der Waals surface area (Å²) in [6, 6.07) is 1.83. The van der Waals surface area contributed by atoms with Gasteiger partial charge in [0.05, 0.1) is 24.9 Å². The molecule has 0 radical (unpaired) electrons. The molecule has 1 N–H and O–H groups in total.